The Morgan fingerprint density at radius 1 is 1.75 bits per heavy atom. The van der Waals surface area contributed by atoms with E-state index in [1.807, 2.05) is 0 Å². The fourth-order valence-electron chi connectivity index (χ4n) is 0.579. The second kappa shape index (κ2) is 3.87. The van der Waals surface area contributed by atoms with E-state index in [4.69, 9.17) is 17.3 Å². The molecule has 0 aromatic carbocycles. The van der Waals surface area contributed by atoms with Gasteiger partial charge in [-0.05, 0) is 6.07 Å². The van der Waals surface area contributed by atoms with Crippen molar-refractivity contribution < 1.29 is 9.53 Å². The second-order valence-electron chi connectivity index (χ2n) is 1.90. The van der Waals surface area contributed by atoms with Gasteiger partial charge in [-0.15, -0.1) is 0 Å². The standard InChI is InChI=1S/C6H6ClN3O2/c7-4-1-2-9-5(10-4)3-12-6(8)11/h1-2H,3H2,(H2,8,11). The second-order valence-corrected chi connectivity index (χ2v) is 2.29. The highest BCUT2D eigenvalue weighted by atomic mass is 35.5. The first kappa shape index (κ1) is 8.73. The molecule has 0 unspecified atom stereocenters. The first-order valence-corrected chi connectivity index (χ1v) is 3.46. The number of ether oxygens (including phenoxy) is 1. The third kappa shape index (κ3) is 2.71. The van der Waals surface area contributed by atoms with E-state index in [-0.39, 0.29) is 6.61 Å². The van der Waals surface area contributed by atoms with Gasteiger partial charge in [-0.2, -0.15) is 0 Å². The van der Waals surface area contributed by atoms with Crippen LogP contribution >= 0.6 is 11.6 Å². The van der Waals surface area contributed by atoms with Gasteiger partial charge in [0.15, 0.2) is 12.4 Å². The molecule has 5 nitrogen and oxygen atoms in total. The first-order valence-electron chi connectivity index (χ1n) is 3.08. The van der Waals surface area contributed by atoms with Crippen LogP contribution in [-0.2, 0) is 11.3 Å². The van der Waals surface area contributed by atoms with Crippen molar-refractivity contribution in [3.63, 3.8) is 0 Å². The number of halogens is 1. The SMILES string of the molecule is NC(=O)OCc1nccc(Cl)n1. The van der Waals surface area contributed by atoms with Crippen LogP contribution in [0.5, 0.6) is 0 Å². The van der Waals surface area contributed by atoms with Crippen molar-refractivity contribution in [1.29, 1.82) is 0 Å². The van der Waals surface area contributed by atoms with Gasteiger partial charge in [-0.3, -0.25) is 0 Å². The minimum atomic E-state index is -0.862. The molecule has 0 fully saturated rings. The lowest BCUT2D eigenvalue weighted by Gasteiger charge is -1.98. The quantitative estimate of drug-likeness (QED) is 0.693. The lowest BCUT2D eigenvalue weighted by Crippen LogP contribution is -2.13. The van der Waals surface area contributed by atoms with Crippen LogP contribution in [0.25, 0.3) is 0 Å². The van der Waals surface area contributed by atoms with Gasteiger partial charge in [-0.1, -0.05) is 11.6 Å². The van der Waals surface area contributed by atoms with Gasteiger partial charge in [0.2, 0.25) is 0 Å². The third-order valence-corrected chi connectivity index (χ3v) is 1.23. The molecule has 0 saturated heterocycles. The van der Waals surface area contributed by atoms with E-state index in [2.05, 4.69) is 14.7 Å². The molecule has 1 rings (SSSR count). The number of nitrogens with zero attached hydrogens (tertiary/aromatic N) is 2. The summed E-state index contributed by atoms with van der Waals surface area (Å²) >= 11 is 5.54. The number of aromatic nitrogens is 2. The van der Waals surface area contributed by atoms with Gasteiger partial charge in [0.05, 0.1) is 0 Å². The highest BCUT2D eigenvalue weighted by molar-refractivity contribution is 6.29. The van der Waals surface area contributed by atoms with E-state index in [1.165, 1.54) is 12.3 Å². The van der Waals surface area contributed by atoms with E-state index < -0.39 is 6.09 Å². The van der Waals surface area contributed by atoms with Crippen LogP contribution in [0.3, 0.4) is 0 Å². The molecule has 0 aliphatic carbocycles. The van der Waals surface area contributed by atoms with Crippen molar-refractivity contribution in [3.8, 4) is 0 Å². The monoisotopic (exact) mass is 187 g/mol. The van der Waals surface area contributed by atoms with Crippen molar-refractivity contribution in [3.05, 3.63) is 23.2 Å². The summed E-state index contributed by atoms with van der Waals surface area (Å²) in [7, 11) is 0. The van der Waals surface area contributed by atoms with Gasteiger partial charge in [0, 0.05) is 6.20 Å². The summed E-state index contributed by atoms with van der Waals surface area (Å²) in [6.07, 6.45) is 0.605. The average molecular weight is 188 g/mol. The Balaban J connectivity index is 2.57. The summed E-state index contributed by atoms with van der Waals surface area (Å²) in [5.41, 5.74) is 4.73. The van der Waals surface area contributed by atoms with Crippen molar-refractivity contribution in [1.82, 2.24) is 9.97 Å². The van der Waals surface area contributed by atoms with Crippen LogP contribution in [0, 0.1) is 0 Å². The third-order valence-electron chi connectivity index (χ3n) is 1.02. The summed E-state index contributed by atoms with van der Waals surface area (Å²) in [6, 6.07) is 1.52. The molecule has 2 N–H and O–H groups in total. The first-order chi connectivity index (χ1) is 5.68. The zero-order chi connectivity index (χ0) is 8.97. The van der Waals surface area contributed by atoms with Crippen LogP contribution in [0.4, 0.5) is 4.79 Å². The number of carbonyl (C=O) groups excluding carboxylic acids is 1. The predicted octanol–water partition coefficient (Wildman–Crippen LogP) is 0.725. The lowest BCUT2D eigenvalue weighted by atomic mass is 10.6. The molecule has 0 saturated carbocycles. The highest BCUT2D eigenvalue weighted by Crippen LogP contribution is 2.02. The molecular formula is C6H6ClN3O2. The Morgan fingerprint density at radius 2 is 2.50 bits per heavy atom. The van der Waals surface area contributed by atoms with Crippen LogP contribution < -0.4 is 5.73 Å². The minimum Gasteiger partial charge on any atom is -0.441 e. The van der Waals surface area contributed by atoms with Gasteiger partial charge in [0.1, 0.15) is 5.15 Å². The maximum Gasteiger partial charge on any atom is 0.404 e. The number of nitrogens with two attached hydrogens (primary N) is 1. The number of hydrogen-bond donors (Lipinski definition) is 1. The van der Waals surface area contributed by atoms with Crippen molar-refractivity contribution in [2.75, 3.05) is 0 Å². The van der Waals surface area contributed by atoms with Gasteiger partial charge < -0.3 is 10.5 Å². The van der Waals surface area contributed by atoms with Crippen LogP contribution in [0.15, 0.2) is 12.3 Å². The summed E-state index contributed by atoms with van der Waals surface area (Å²) in [5.74, 6) is 0.321. The van der Waals surface area contributed by atoms with Crippen molar-refractivity contribution in [2.24, 2.45) is 5.73 Å². The Morgan fingerprint density at radius 3 is 3.08 bits per heavy atom. The van der Waals surface area contributed by atoms with Gasteiger partial charge in [-0.25, -0.2) is 14.8 Å². The Labute approximate surface area is 73.5 Å². The molecule has 6 heteroatoms. The molecule has 0 atom stereocenters. The molecule has 0 spiro atoms. The molecule has 1 amide bonds. The summed E-state index contributed by atoms with van der Waals surface area (Å²) in [6.45, 7) is -0.0596. The number of rotatable bonds is 2. The molecule has 0 aliphatic rings. The van der Waals surface area contributed by atoms with Crippen molar-refractivity contribution in [2.45, 2.75) is 6.61 Å². The maximum atomic E-state index is 10.2. The summed E-state index contributed by atoms with van der Waals surface area (Å²) < 4.78 is 4.44. The Kier molecular flexibility index (Phi) is 2.82. The molecular weight excluding hydrogens is 182 g/mol. The van der Waals surface area contributed by atoms with E-state index in [0.29, 0.717) is 11.0 Å². The van der Waals surface area contributed by atoms with Crippen LogP contribution in [0.1, 0.15) is 5.82 Å². The number of primary amides is 1. The van der Waals surface area contributed by atoms with Crippen LogP contribution in [-0.4, -0.2) is 16.1 Å². The number of amides is 1. The zero-order valence-corrected chi connectivity index (χ0v) is 6.78. The molecule has 64 valence electrons. The summed E-state index contributed by atoms with van der Waals surface area (Å²) in [4.78, 5) is 17.7. The highest BCUT2D eigenvalue weighted by Gasteiger charge is 1.99. The maximum absolute atomic E-state index is 10.2. The van der Waals surface area contributed by atoms with E-state index in [0.717, 1.165) is 0 Å². The zero-order valence-electron chi connectivity index (χ0n) is 6.03. The van der Waals surface area contributed by atoms with Crippen molar-refractivity contribution >= 4 is 17.7 Å². The molecule has 12 heavy (non-hydrogen) atoms. The van der Waals surface area contributed by atoms with E-state index in [1.54, 1.807) is 0 Å². The smallest absolute Gasteiger partial charge is 0.404 e. The average Bonchev–Trinajstić information content (AvgIpc) is 2.01. The molecule has 1 aromatic rings. The van der Waals surface area contributed by atoms with Gasteiger partial charge >= 0.3 is 6.09 Å². The Hall–Kier alpha value is -1.36. The summed E-state index contributed by atoms with van der Waals surface area (Å²) in [5, 5.41) is 0.299. The number of hydrogen-bond acceptors (Lipinski definition) is 4. The molecule has 0 radical (unpaired) electrons. The fraction of sp³-hybridized carbons (Fsp3) is 0.167. The normalized spacial score (nSPS) is 9.42. The molecule has 1 aromatic heterocycles. The predicted molar refractivity (Wildman–Crippen MR) is 41.4 cm³/mol. The number of carbonyl (C=O) groups is 1. The minimum absolute atomic E-state index is 0.0596. The topological polar surface area (TPSA) is 78.1 Å². The fourth-order valence-corrected chi connectivity index (χ4v) is 0.733. The molecule has 1 heterocycles. The molecule has 0 bridgehead atoms. The van der Waals surface area contributed by atoms with Gasteiger partial charge in [0.25, 0.3) is 0 Å². The van der Waals surface area contributed by atoms with E-state index >= 15 is 0 Å². The van der Waals surface area contributed by atoms with E-state index in [9.17, 15) is 4.79 Å². The van der Waals surface area contributed by atoms with Crippen LogP contribution in [0.2, 0.25) is 5.15 Å². The largest absolute Gasteiger partial charge is 0.441 e. The Bertz CT molecular complexity index is 292. The molecule has 0 aliphatic heterocycles. The lowest BCUT2D eigenvalue weighted by molar-refractivity contribution is 0.147.